The van der Waals surface area contributed by atoms with Crippen LogP contribution in [0.1, 0.15) is 27.0 Å². The van der Waals surface area contributed by atoms with Gasteiger partial charge in [0, 0.05) is 6.08 Å². The molecular weight excluding hydrogens is 352 g/mol. The zero-order chi connectivity index (χ0) is 19.6. The molecule has 0 aliphatic rings. The van der Waals surface area contributed by atoms with Crippen molar-refractivity contribution in [3.05, 3.63) is 113 Å². The molecular formula is C24H20O4. The number of ether oxygens (including phenoxy) is 2. The highest BCUT2D eigenvalue weighted by molar-refractivity contribution is 5.95. The second-order valence-corrected chi connectivity index (χ2v) is 6.08. The van der Waals surface area contributed by atoms with Crippen LogP contribution in [0.25, 0.3) is 6.08 Å². The Bertz CT molecular complexity index is 947. The van der Waals surface area contributed by atoms with Crippen LogP contribution < -0.4 is 0 Å². The second-order valence-electron chi connectivity index (χ2n) is 6.08. The molecule has 4 heteroatoms. The van der Waals surface area contributed by atoms with Gasteiger partial charge in [0.05, 0.1) is 5.56 Å². The van der Waals surface area contributed by atoms with Crippen LogP contribution in [0.3, 0.4) is 0 Å². The Hall–Kier alpha value is -3.66. The third-order valence-electron chi connectivity index (χ3n) is 4.02. The molecule has 0 aliphatic heterocycles. The summed E-state index contributed by atoms with van der Waals surface area (Å²) in [6, 6.07) is 25.9. The Morgan fingerprint density at radius 3 is 1.86 bits per heavy atom. The maximum atomic E-state index is 12.4. The van der Waals surface area contributed by atoms with Crippen LogP contribution >= 0.6 is 0 Å². The molecule has 4 nitrogen and oxygen atoms in total. The summed E-state index contributed by atoms with van der Waals surface area (Å²) in [4.78, 5) is 24.4. The largest absolute Gasteiger partial charge is 0.458 e. The van der Waals surface area contributed by atoms with Gasteiger partial charge in [0.25, 0.3) is 0 Å². The Morgan fingerprint density at radius 1 is 0.679 bits per heavy atom. The van der Waals surface area contributed by atoms with Crippen molar-refractivity contribution in [3.63, 3.8) is 0 Å². The number of esters is 2. The third-order valence-corrected chi connectivity index (χ3v) is 4.02. The summed E-state index contributed by atoms with van der Waals surface area (Å²) in [5.74, 6) is -0.918. The van der Waals surface area contributed by atoms with Crippen LogP contribution in [0.2, 0.25) is 0 Å². The van der Waals surface area contributed by atoms with Crippen LogP contribution in [-0.4, -0.2) is 11.9 Å². The number of benzene rings is 3. The molecule has 0 bridgehead atoms. The van der Waals surface area contributed by atoms with Crippen molar-refractivity contribution in [2.45, 2.75) is 13.2 Å². The summed E-state index contributed by atoms with van der Waals surface area (Å²) in [6.45, 7) is 0.390. The van der Waals surface area contributed by atoms with E-state index in [1.54, 1.807) is 30.3 Å². The van der Waals surface area contributed by atoms with Crippen molar-refractivity contribution < 1.29 is 19.1 Å². The van der Waals surface area contributed by atoms with E-state index in [-0.39, 0.29) is 13.2 Å². The molecule has 0 fully saturated rings. The fourth-order valence-electron chi connectivity index (χ4n) is 2.56. The van der Waals surface area contributed by atoms with Crippen LogP contribution in [0.15, 0.2) is 91.0 Å². The van der Waals surface area contributed by atoms with Crippen LogP contribution in [0.5, 0.6) is 0 Å². The number of rotatable bonds is 7. The summed E-state index contributed by atoms with van der Waals surface area (Å²) in [6.07, 6.45) is 2.87. The molecule has 3 aromatic rings. The Labute approximate surface area is 164 Å². The standard InChI is InChI=1S/C24H20O4/c25-23(27-17-19-9-3-1-4-10-19)16-15-21-13-7-8-14-22(21)24(26)28-18-20-11-5-2-6-12-20/h1-16H,17-18H2/b16-15+. The summed E-state index contributed by atoms with van der Waals surface area (Å²) in [5, 5.41) is 0. The second kappa shape index (κ2) is 9.88. The molecule has 0 heterocycles. The van der Waals surface area contributed by atoms with E-state index in [1.807, 2.05) is 60.7 Å². The zero-order valence-electron chi connectivity index (χ0n) is 15.3. The van der Waals surface area contributed by atoms with Crippen molar-refractivity contribution in [2.75, 3.05) is 0 Å². The molecule has 0 saturated carbocycles. The lowest BCUT2D eigenvalue weighted by atomic mass is 10.1. The van der Waals surface area contributed by atoms with E-state index in [4.69, 9.17) is 9.47 Å². The van der Waals surface area contributed by atoms with E-state index in [1.165, 1.54) is 6.08 Å². The number of carbonyl (C=O) groups excluding carboxylic acids is 2. The first-order valence-electron chi connectivity index (χ1n) is 8.91. The van der Waals surface area contributed by atoms with Gasteiger partial charge in [-0.1, -0.05) is 78.9 Å². The van der Waals surface area contributed by atoms with E-state index in [2.05, 4.69) is 0 Å². The quantitative estimate of drug-likeness (QED) is 0.442. The minimum absolute atomic E-state index is 0.191. The van der Waals surface area contributed by atoms with Gasteiger partial charge < -0.3 is 9.47 Å². The third kappa shape index (κ3) is 5.68. The van der Waals surface area contributed by atoms with Crippen LogP contribution in [-0.2, 0) is 27.5 Å². The molecule has 0 spiro atoms. The molecule has 28 heavy (non-hydrogen) atoms. The monoisotopic (exact) mass is 372 g/mol. The van der Waals surface area contributed by atoms with Gasteiger partial charge in [0.15, 0.2) is 0 Å². The van der Waals surface area contributed by atoms with Crippen LogP contribution in [0, 0.1) is 0 Å². The molecule has 0 amide bonds. The number of carbonyl (C=O) groups is 2. The predicted octanol–water partition coefficient (Wildman–Crippen LogP) is 4.80. The first-order chi connectivity index (χ1) is 13.7. The Morgan fingerprint density at radius 2 is 1.21 bits per heavy atom. The Kier molecular flexibility index (Phi) is 6.74. The lowest BCUT2D eigenvalue weighted by Crippen LogP contribution is -2.07. The van der Waals surface area contributed by atoms with E-state index < -0.39 is 11.9 Å². The average Bonchev–Trinajstić information content (AvgIpc) is 2.76. The lowest BCUT2D eigenvalue weighted by molar-refractivity contribution is -0.138. The first kappa shape index (κ1) is 19.1. The zero-order valence-corrected chi connectivity index (χ0v) is 15.3. The first-order valence-corrected chi connectivity index (χ1v) is 8.91. The van der Waals surface area contributed by atoms with Crippen molar-refractivity contribution in [1.82, 2.24) is 0 Å². The van der Waals surface area contributed by atoms with Crippen molar-refractivity contribution in [2.24, 2.45) is 0 Å². The molecule has 0 aromatic heterocycles. The summed E-state index contributed by atoms with van der Waals surface area (Å²) >= 11 is 0. The molecule has 0 N–H and O–H groups in total. The summed E-state index contributed by atoms with van der Waals surface area (Å²) in [7, 11) is 0. The molecule has 0 unspecified atom stereocenters. The summed E-state index contributed by atoms with van der Waals surface area (Å²) in [5.41, 5.74) is 2.81. The maximum absolute atomic E-state index is 12.4. The van der Waals surface area contributed by atoms with Gasteiger partial charge in [0.2, 0.25) is 0 Å². The average molecular weight is 372 g/mol. The molecule has 0 aliphatic carbocycles. The van der Waals surface area contributed by atoms with Crippen molar-refractivity contribution in [1.29, 1.82) is 0 Å². The van der Waals surface area contributed by atoms with E-state index in [9.17, 15) is 9.59 Å². The maximum Gasteiger partial charge on any atom is 0.339 e. The molecule has 0 atom stereocenters. The van der Waals surface area contributed by atoms with Gasteiger partial charge in [-0.05, 0) is 28.8 Å². The minimum Gasteiger partial charge on any atom is -0.458 e. The number of hydrogen-bond donors (Lipinski definition) is 0. The van der Waals surface area contributed by atoms with Gasteiger partial charge >= 0.3 is 11.9 Å². The predicted molar refractivity (Wildman–Crippen MR) is 107 cm³/mol. The highest BCUT2D eigenvalue weighted by atomic mass is 16.5. The van der Waals surface area contributed by atoms with Gasteiger partial charge in [0.1, 0.15) is 13.2 Å². The molecule has 3 rings (SSSR count). The fourth-order valence-corrected chi connectivity index (χ4v) is 2.56. The van der Waals surface area contributed by atoms with E-state index >= 15 is 0 Å². The van der Waals surface area contributed by atoms with Gasteiger partial charge in [-0.3, -0.25) is 0 Å². The molecule has 3 aromatic carbocycles. The van der Waals surface area contributed by atoms with E-state index in [0.717, 1.165) is 11.1 Å². The van der Waals surface area contributed by atoms with Gasteiger partial charge in [-0.15, -0.1) is 0 Å². The smallest absolute Gasteiger partial charge is 0.339 e. The summed E-state index contributed by atoms with van der Waals surface area (Å²) < 4.78 is 10.6. The van der Waals surface area contributed by atoms with E-state index in [0.29, 0.717) is 11.1 Å². The van der Waals surface area contributed by atoms with Crippen molar-refractivity contribution in [3.8, 4) is 0 Å². The van der Waals surface area contributed by atoms with Crippen molar-refractivity contribution >= 4 is 18.0 Å². The topological polar surface area (TPSA) is 52.6 Å². The SMILES string of the molecule is O=C(/C=C/c1ccccc1C(=O)OCc1ccccc1)OCc1ccccc1. The molecule has 0 saturated heterocycles. The molecule has 140 valence electrons. The highest BCUT2D eigenvalue weighted by Gasteiger charge is 2.11. The lowest BCUT2D eigenvalue weighted by Gasteiger charge is -2.07. The number of hydrogen-bond acceptors (Lipinski definition) is 4. The van der Waals surface area contributed by atoms with Crippen LogP contribution in [0.4, 0.5) is 0 Å². The Balaban J connectivity index is 1.60. The molecule has 0 radical (unpaired) electrons. The van der Waals surface area contributed by atoms with Gasteiger partial charge in [-0.2, -0.15) is 0 Å². The highest BCUT2D eigenvalue weighted by Crippen LogP contribution is 2.14. The normalized spacial score (nSPS) is 10.6. The van der Waals surface area contributed by atoms with Gasteiger partial charge in [-0.25, -0.2) is 9.59 Å². The fraction of sp³-hybridized carbons (Fsp3) is 0.0833. The minimum atomic E-state index is -0.476.